The van der Waals surface area contributed by atoms with Gasteiger partial charge < -0.3 is 4.74 Å². The van der Waals surface area contributed by atoms with E-state index in [0.717, 1.165) is 20.4 Å². The van der Waals surface area contributed by atoms with Gasteiger partial charge in [-0.3, -0.25) is 4.79 Å². The van der Waals surface area contributed by atoms with Crippen molar-refractivity contribution in [2.24, 2.45) is 5.10 Å². The molecule has 0 aliphatic rings. The van der Waals surface area contributed by atoms with Crippen LogP contribution < -0.4 is 10.2 Å². The van der Waals surface area contributed by atoms with Crippen LogP contribution in [0.15, 0.2) is 87.7 Å². The van der Waals surface area contributed by atoms with Gasteiger partial charge in [-0.25, -0.2) is 5.43 Å². The first-order valence-electron chi connectivity index (χ1n) is 8.32. The predicted octanol–water partition coefficient (Wildman–Crippen LogP) is 5.67. The van der Waals surface area contributed by atoms with E-state index in [9.17, 15) is 4.79 Å². The van der Waals surface area contributed by atoms with Crippen molar-refractivity contribution in [3.8, 4) is 5.75 Å². The van der Waals surface area contributed by atoms with Crippen LogP contribution >= 0.6 is 35.0 Å². The van der Waals surface area contributed by atoms with E-state index in [2.05, 4.69) is 10.5 Å². The van der Waals surface area contributed by atoms with Gasteiger partial charge in [-0.05, 0) is 60.2 Å². The Kier molecular flexibility index (Phi) is 7.37. The molecule has 0 fully saturated rings. The van der Waals surface area contributed by atoms with Crippen LogP contribution in [-0.2, 0) is 4.79 Å². The van der Waals surface area contributed by atoms with E-state index >= 15 is 0 Å². The second kappa shape index (κ2) is 10.2. The number of amides is 1. The van der Waals surface area contributed by atoms with Gasteiger partial charge in [-0.1, -0.05) is 53.2 Å². The van der Waals surface area contributed by atoms with Crippen molar-refractivity contribution in [1.82, 2.24) is 5.43 Å². The molecule has 0 bridgehead atoms. The zero-order valence-corrected chi connectivity index (χ0v) is 17.0. The fraction of sp³-hybridized carbons (Fsp3) is 0.0476. The first-order valence-corrected chi connectivity index (χ1v) is 9.89. The Balaban J connectivity index is 1.46. The Morgan fingerprint density at radius 2 is 1.64 bits per heavy atom. The zero-order chi connectivity index (χ0) is 19.8. The highest BCUT2D eigenvalue weighted by Gasteiger charge is 2.02. The lowest BCUT2D eigenvalue weighted by Gasteiger charge is -2.05. The van der Waals surface area contributed by atoms with Crippen LogP contribution in [0.3, 0.4) is 0 Å². The van der Waals surface area contributed by atoms with Crippen LogP contribution in [-0.4, -0.2) is 18.7 Å². The van der Waals surface area contributed by atoms with E-state index in [0.29, 0.717) is 10.8 Å². The number of halogens is 2. The fourth-order valence-electron chi connectivity index (χ4n) is 2.18. The lowest BCUT2D eigenvalue weighted by atomic mass is 10.2. The number of nitrogens with zero attached hydrogens (tertiary/aromatic N) is 1. The average Bonchev–Trinajstić information content (AvgIpc) is 2.70. The van der Waals surface area contributed by atoms with Gasteiger partial charge in [-0.15, -0.1) is 0 Å². The smallest absolute Gasteiger partial charge is 0.277 e. The minimum Gasteiger partial charge on any atom is -0.484 e. The number of carbonyl (C=O) groups excluding carboxylic acids is 1. The number of hydrogen-bond donors (Lipinski definition) is 1. The molecule has 0 saturated heterocycles. The molecule has 3 rings (SSSR count). The number of hydrogen-bond acceptors (Lipinski definition) is 4. The maximum Gasteiger partial charge on any atom is 0.277 e. The highest BCUT2D eigenvalue weighted by molar-refractivity contribution is 7.99. The van der Waals surface area contributed by atoms with E-state index < -0.39 is 0 Å². The normalized spacial score (nSPS) is 10.8. The Morgan fingerprint density at radius 1 is 0.964 bits per heavy atom. The summed E-state index contributed by atoms with van der Waals surface area (Å²) in [7, 11) is 0. The Hall–Kier alpha value is -2.47. The molecule has 1 amide bonds. The predicted molar refractivity (Wildman–Crippen MR) is 115 cm³/mol. The summed E-state index contributed by atoms with van der Waals surface area (Å²) in [6.45, 7) is -0.144. The molecule has 0 unspecified atom stereocenters. The second-order valence-corrected chi connectivity index (χ2v) is 7.68. The van der Waals surface area contributed by atoms with Crippen LogP contribution in [0, 0.1) is 0 Å². The molecule has 3 aromatic rings. The van der Waals surface area contributed by atoms with Crippen LogP contribution in [0.2, 0.25) is 10.0 Å². The van der Waals surface area contributed by atoms with Crippen molar-refractivity contribution >= 4 is 47.1 Å². The van der Waals surface area contributed by atoms with Crippen LogP contribution in [0.25, 0.3) is 0 Å². The molecule has 3 aromatic carbocycles. The number of carbonyl (C=O) groups is 1. The van der Waals surface area contributed by atoms with Crippen molar-refractivity contribution in [2.45, 2.75) is 9.79 Å². The third-order valence-corrected chi connectivity index (χ3v) is 5.00. The summed E-state index contributed by atoms with van der Waals surface area (Å²) in [6.07, 6.45) is 1.58. The summed E-state index contributed by atoms with van der Waals surface area (Å²) in [4.78, 5) is 14.0. The summed E-state index contributed by atoms with van der Waals surface area (Å²) in [6, 6.07) is 22.4. The standard InChI is InChI=1S/C21H16Cl2N2O2S/c22-16-6-10-20(11-7-16)28-19-8-4-15(5-9-19)13-24-25-21(26)14-27-18-3-1-2-17(23)12-18/h1-13H,14H2,(H,25,26)/b24-13+. The molecule has 0 aromatic heterocycles. The van der Waals surface area contributed by atoms with Crippen molar-refractivity contribution < 1.29 is 9.53 Å². The maximum atomic E-state index is 11.8. The number of nitrogens with one attached hydrogen (secondary N) is 1. The third kappa shape index (κ3) is 6.60. The minimum absolute atomic E-state index is 0.144. The number of hydrazone groups is 1. The minimum atomic E-state index is -0.355. The molecular formula is C21H16Cl2N2O2S. The Morgan fingerprint density at radius 3 is 2.32 bits per heavy atom. The quantitative estimate of drug-likeness (QED) is 0.387. The highest BCUT2D eigenvalue weighted by atomic mass is 35.5. The largest absolute Gasteiger partial charge is 0.484 e. The molecule has 0 heterocycles. The molecule has 0 aliphatic carbocycles. The second-order valence-electron chi connectivity index (χ2n) is 5.66. The van der Waals surface area contributed by atoms with Crippen LogP contribution in [0.1, 0.15) is 5.56 Å². The van der Waals surface area contributed by atoms with E-state index in [1.54, 1.807) is 42.2 Å². The SMILES string of the molecule is O=C(COc1cccc(Cl)c1)N/N=C/c1ccc(Sc2ccc(Cl)cc2)cc1. The van der Waals surface area contributed by atoms with E-state index in [1.165, 1.54) is 0 Å². The molecule has 4 nitrogen and oxygen atoms in total. The summed E-state index contributed by atoms with van der Waals surface area (Å²) >= 11 is 13.4. The summed E-state index contributed by atoms with van der Waals surface area (Å²) < 4.78 is 5.35. The lowest BCUT2D eigenvalue weighted by Crippen LogP contribution is -2.24. The molecular weight excluding hydrogens is 415 g/mol. The summed E-state index contributed by atoms with van der Waals surface area (Å²) in [5.74, 6) is 0.173. The van der Waals surface area contributed by atoms with E-state index in [1.807, 2.05) is 48.5 Å². The maximum absolute atomic E-state index is 11.8. The van der Waals surface area contributed by atoms with Gasteiger partial charge in [0.2, 0.25) is 0 Å². The number of rotatable bonds is 7. The zero-order valence-electron chi connectivity index (χ0n) is 14.6. The fourth-order valence-corrected chi connectivity index (χ4v) is 3.30. The van der Waals surface area contributed by atoms with Crippen molar-refractivity contribution in [1.29, 1.82) is 0 Å². The average molecular weight is 431 g/mol. The first kappa shape index (κ1) is 20.3. The van der Waals surface area contributed by atoms with Gasteiger partial charge in [0.25, 0.3) is 5.91 Å². The lowest BCUT2D eigenvalue weighted by molar-refractivity contribution is -0.123. The van der Waals surface area contributed by atoms with Gasteiger partial charge in [-0.2, -0.15) is 5.10 Å². The number of benzene rings is 3. The Bertz CT molecular complexity index is 961. The molecule has 0 spiro atoms. The Labute approximate surface area is 177 Å². The van der Waals surface area contributed by atoms with Gasteiger partial charge >= 0.3 is 0 Å². The summed E-state index contributed by atoms with van der Waals surface area (Å²) in [5, 5.41) is 5.21. The number of ether oxygens (including phenoxy) is 1. The highest BCUT2D eigenvalue weighted by Crippen LogP contribution is 2.28. The molecule has 0 atom stereocenters. The molecule has 0 radical (unpaired) electrons. The summed E-state index contributed by atoms with van der Waals surface area (Å²) in [5.41, 5.74) is 3.30. The topological polar surface area (TPSA) is 50.7 Å². The van der Waals surface area contributed by atoms with Gasteiger partial charge in [0.1, 0.15) is 5.75 Å². The van der Waals surface area contributed by atoms with Crippen molar-refractivity contribution in [2.75, 3.05) is 6.61 Å². The van der Waals surface area contributed by atoms with Crippen LogP contribution in [0.5, 0.6) is 5.75 Å². The molecule has 7 heteroatoms. The van der Waals surface area contributed by atoms with E-state index in [-0.39, 0.29) is 12.5 Å². The monoisotopic (exact) mass is 430 g/mol. The first-order chi connectivity index (χ1) is 13.6. The van der Waals surface area contributed by atoms with Crippen LogP contribution in [0.4, 0.5) is 0 Å². The van der Waals surface area contributed by atoms with Gasteiger partial charge in [0.15, 0.2) is 6.61 Å². The molecule has 1 N–H and O–H groups in total. The third-order valence-electron chi connectivity index (χ3n) is 3.50. The van der Waals surface area contributed by atoms with E-state index in [4.69, 9.17) is 27.9 Å². The van der Waals surface area contributed by atoms with Gasteiger partial charge in [0, 0.05) is 19.8 Å². The van der Waals surface area contributed by atoms with Crippen molar-refractivity contribution in [3.63, 3.8) is 0 Å². The molecule has 142 valence electrons. The van der Waals surface area contributed by atoms with Gasteiger partial charge in [0.05, 0.1) is 6.21 Å². The molecule has 28 heavy (non-hydrogen) atoms. The van der Waals surface area contributed by atoms with Crippen molar-refractivity contribution in [3.05, 3.63) is 88.4 Å². The molecule has 0 aliphatic heterocycles. The molecule has 0 saturated carbocycles.